The Balaban J connectivity index is 1.49. The van der Waals surface area contributed by atoms with Crippen LogP contribution in [-0.4, -0.2) is 41.0 Å². The number of benzene rings is 2. The monoisotopic (exact) mass is 498 g/mol. The molecule has 0 N–H and O–H groups in total. The molecule has 0 saturated heterocycles. The number of fused-ring (bicyclic) bond motifs is 1. The number of carbonyl (C=O) groups excluding carboxylic acids is 2. The van der Waals surface area contributed by atoms with Gasteiger partial charge in [-0.25, -0.2) is 4.98 Å². The highest BCUT2D eigenvalue weighted by Gasteiger charge is 2.34. The summed E-state index contributed by atoms with van der Waals surface area (Å²) in [5.41, 5.74) is 3.85. The molecule has 182 valence electrons. The van der Waals surface area contributed by atoms with Crippen LogP contribution < -0.4 is 14.5 Å². The van der Waals surface area contributed by atoms with Crippen molar-refractivity contribution in [3.63, 3.8) is 0 Å². The van der Waals surface area contributed by atoms with Gasteiger partial charge < -0.3 is 9.64 Å². The van der Waals surface area contributed by atoms with Crippen LogP contribution in [0.25, 0.3) is 22.0 Å². The SMILES string of the molecule is CCN(C(=O)CN1C(=O)C(C)Oc2ccc(-c3nc(-c4ccccn4)sc3C)cc21)c1ccccc1. The van der Waals surface area contributed by atoms with Crippen molar-refractivity contribution in [2.45, 2.75) is 26.9 Å². The van der Waals surface area contributed by atoms with E-state index in [2.05, 4.69) is 4.98 Å². The lowest BCUT2D eigenvalue weighted by molar-refractivity contribution is -0.127. The van der Waals surface area contributed by atoms with E-state index in [0.29, 0.717) is 18.0 Å². The minimum atomic E-state index is -0.681. The number of aryl methyl sites for hydroxylation is 1. The van der Waals surface area contributed by atoms with Gasteiger partial charge in [-0.1, -0.05) is 24.3 Å². The highest BCUT2D eigenvalue weighted by molar-refractivity contribution is 7.15. The molecule has 0 saturated carbocycles. The van der Waals surface area contributed by atoms with Crippen LogP contribution in [-0.2, 0) is 9.59 Å². The van der Waals surface area contributed by atoms with E-state index in [1.807, 2.05) is 80.6 Å². The van der Waals surface area contributed by atoms with Gasteiger partial charge in [0.15, 0.2) is 6.10 Å². The topological polar surface area (TPSA) is 75.6 Å². The number of amides is 2. The quantitative estimate of drug-likeness (QED) is 0.358. The number of carbonyl (C=O) groups is 2. The number of hydrogen-bond acceptors (Lipinski definition) is 6. The van der Waals surface area contributed by atoms with Crippen molar-refractivity contribution in [1.82, 2.24) is 9.97 Å². The van der Waals surface area contributed by atoms with Gasteiger partial charge in [0.2, 0.25) is 5.91 Å². The standard InChI is InChI=1S/C28H26N4O3S/c1-4-31(21-10-6-5-7-11-21)25(33)17-32-23-16-20(13-14-24(23)35-18(2)28(32)34)26-19(3)36-27(30-26)22-12-8-9-15-29-22/h5-16,18H,4,17H2,1-3H3. The summed E-state index contributed by atoms with van der Waals surface area (Å²) >= 11 is 1.57. The molecule has 5 rings (SSSR count). The van der Waals surface area contributed by atoms with Gasteiger partial charge in [-0.2, -0.15) is 0 Å². The normalized spacial score (nSPS) is 14.8. The summed E-state index contributed by atoms with van der Waals surface area (Å²) in [6.07, 6.45) is 1.07. The number of likely N-dealkylation sites (N-methyl/N-ethyl adjacent to an activating group) is 1. The Bertz CT molecular complexity index is 1410. The molecule has 2 aromatic heterocycles. The summed E-state index contributed by atoms with van der Waals surface area (Å²) in [5, 5.41) is 0.829. The number of para-hydroxylation sites is 1. The minimum Gasteiger partial charge on any atom is -0.479 e. The Morgan fingerprint density at radius 1 is 1.11 bits per heavy atom. The van der Waals surface area contributed by atoms with Gasteiger partial charge in [0.1, 0.15) is 17.3 Å². The maximum absolute atomic E-state index is 13.3. The van der Waals surface area contributed by atoms with E-state index in [0.717, 1.165) is 32.5 Å². The van der Waals surface area contributed by atoms with Crippen molar-refractivity contribution in [2.75, 3.05) is 22.9 Å². The van der Waals surface area contributed by atoms with Crippen molar-refractivity contribution in [2.24, 2.45) is 0 Å². The van der Waals surface area contributed by atoms with Crippen molar-refractivity contribution in [3.8, 4) is 27.7 Å². The van der Waals surface area contributed by atoms with E-state index in [4.69, 9.17) is 9.72 Å². The van der Waals surface area contributed by atoms with Crippen LogP contribution in [0.3, 0.4) is 0 Å². The van der Waals surface area contributed by atoms with E-state index >= 15 is 0 Å². The Kier molecular flexibility index (Phi) is 6.52. The van der Waals surface area contributed by atoms with Crippen LogP contribution in [0.4, 0.5) is 11.4 Å². The van der Waals surface area contributed by atoms with Crippen molar-refractivity contribution in [3.05, 3.63) is 77.8 Å². The van der Waals surface area contributed by atoms with E-state index in [1.165, 1.54) is 4.90 Å². The van der Waals surface area contributed by atoms with Crippen molar-refractivity contribution >= 4 is 34.5 Å². The van der Waals surface area contributed by atoms with E-state index < -0.39 is 6.10 Å². The average Bonchev–Trinajstić information content (AvgIpc) is 3.29. The largest absolute Gasteiger partial charge is 0.479 e. The first kappa shape index (κ1) is 23.7. The first-order valence-corrected chi connectivity index (χ1v) is 12.6. The molecule has 0 bridgehead atoms. The van der Waals surface area contributed by atoms with E-state index in [1.54, 1.807) is 29.4 Å². The third kappa shape index (κ3) is 4.47. The number of hydrogen-bond donors (Lipinski definition) is 0. The number of ether oxygens (including phenoxy) is 1. The second-order valence-electron chi connectivity index (χ2n) is 8.48. The lowest BCUT2D eigenvalue weighted by Gasteiger charge is -2.34. The molecule has 7 nitrogen and oxygen atoms in total. The number of anilines is 2. The molecule has 1 aliphatic heterocycles. The predicted octanol–water partition coefficient (Wildman–Crippen LogP) is 5.35. The van der Waals surface area contributed by atoms with Gasteiger partial charge in [0, 0.05) is 28.9 Å². The molecule has 1 atom stereocenters. The molecule has 4 aromatic rings. The molecule has 36 heavy (non-hydrogen) atoms. The van der Waals surface area contributed by atoms with E-state index in [-0.39, 0.29) is 18.4 Å². The zero-order valence-electron chi connectivity index (χ0n) is 20.3. The number of thiazole rings is 1. The maximum Gasteiger partial charge on any atom is 0.268 e. The van der Waals surface area contributed by atoms with Crippen LogP contribution in [0.1, 0.15) is 18.7 Å². The zero-order chi connectivity index (χ0) is 25.2. The van der Waals surface area contributed by atoms with Gasteiger partial charge in [-0.15, -0.1) is 11.3 Å². The first-order chi connectivity index (χ1) is 17.5. The number of pyridine rings is 1. The molecule has 0 radical (unpaired) electrons. The molecular formula is C28H26N4O3S. The maximum atomic E-state index is 13.3. The third-order valence-corrected chi connectivity index (χ3v) is 7.09. The lowest BCUT2D eigenvalue weighted by Crippen LogP contribution is -2.49. The molecule has 8 heteroatoms. The smallest absolute Gasteiger partial charge is 0.268 e. The van der Waals surface area contributed by atoms with Gasteiger partial charge >= 0.3 is 0 Å². The molecule has 2 amide bonds. The molecule has 0 fully saturated rings. The Morgan fingerprint density at radius 2 is 1.89 bits per heavy atom. The predicted molar refractivity (Wildman–Crippen MR) is 142 cm³/mol. The van der Waals surface area contributed by atoms with Gasteiger partial charge in [0.05, 0.1) is 17.1 Å². The molecule has 0 aliphatic carbocycles. The lowest BCUT2D eigenvalue weighted by atomic mass is 10.1. The Hall–Kier alpha value is -4.04. The number of rotatable bonds is 6. The fraction of sp³-hybridized carbons (Fsp3) is 0.214. The zero-order valence-corrected chi connectivity index (χ0v) is 21.2. The first-order valence-electron chi connectivity index (χ1n) is 11.8. The second kappa shape index (κ2) is 9.91. The minimum absolute atomic E-state index is 0.0824. The number of nitrogens with zero attached hydrogens (tertiary/aromatic N) is 4. The van der Waals surface area contributed by atoms with E-state index in [9.17, 15) is 9.59 Å². The molecule has 3 heterocycles. The van der Waals surface area contributed by atoms with Crippen molar-refractivity contribution < 1.29 is 14.3 Å². The Morgan fingerprint density at radius 3 is 2.61 bits per heavy atom. The van der Waals surface area contributed by atoms with Crippen LogP contribution in [0.5, 0.6) is 5.75 Å². The van der Waals surface area contributed by atoms with Crippen LogP contribution in [0, 0.1) is 6.92 Å². The van der Waals surface area contributed by atoms with Gasteiger partial charge in [0.25, 0.3) is 5.91 Å². The van der Waals surface area contributed by atoms with Crippen LogP contribution >= 0.6 is 11.3 Å². The van der Waals surface area contributed by atoms with Gasteiger partial charge in [-0.3, -0.25) is 19.5 Å². The molecular weight excluding hydrogens is 472 g/mol. The van der Waals surface area contributed by atoms with Gasteiger partial charge in [-0.05, 0) is 63.2 Å². The third-order valence-electron chi connectivity index (χ3n) is 6.10. The van der Waals surface area contributed by atoms with Crippen LogP contribution in [0.2, 0.25) is 0 Å². The fourth-order valence-corrected chi connectivity index (χ4v) is 5.22. The second-order valence-corrected chi connectivity index (χ2v) is 9.68. The summed E-state index contributed by atoms with van der Waals surface area (Å²) in [6.45, 7) is 6.06. The highest BCUT2D eigenvalue weighted by Crippen LogP contribution is 2.40. The highest BCUT2D eigenvalue weighted by atomic mass is 32.1. The molecule has 1 aliphatic rings. The summed E-state index contributed by atoms with van der Waals surface area (Å²) in [5.74, 6) is 0.158. The average molecular weight is 499 g/mol. The Labute approximate surface area is 214 Å². The molecule has 1 unspecified atom stereocenters. The fourth-order valence-electron chi connectivity index (χ4n) is 4.31. The van der Waals surface area contributed by atoms with Crippen LogP contribution in [0.15, 0.2) is 72.9 Å². The summed E-state index contributed by atoms with van der Waals surface area (Å²) < 4.78 is 5.88. The van der Waals surface area contributed by atoms with Crippen molar-refractivity contribution in [1.29, 1.82) is 0 Å². The number of aromatic nitrogens is 2. The summed E-state index contributed by atoms with van der Waals surface area (Å²) in [6, 6.07) is 20.9. The molecule has 0 spiro atoms. The molecule has 2 aromatic carbocycles. The summed E-state index contributed by atoms with van der Waals surface area (Å²) in [4.78, 5) is 40.0. The summed E-state index contributed by atoms with van der Waals surface area (Å²) in [7, 11) is 0.